The van der Waals surface area contributed by atoms with Crippen LogP contribution in [0.15, 0.2) is 36.4 Å². The molecule has 0 unspecified atom stereocenters. The van der Waals surface area contributed by atoms with Gasteiger partial charge in [0.2, 0.25) is 0 Å². The van der Waals surface area contributed by atoms with Crippen LogP contribution in [0.25, 0.3) is 0 Å². The molecule has 0 N–H and O–H groups in total. The summed E-state index contributed by atoms with van der Waals surface area (Å²) < 4.78 is 11.5. The summed E-state index contributed by atoms with van der Waals surface area (Å²) in [7, 11) is 0. The van der Waals surface area contributed by atoms with E-state index in [1.54, 1.807) is 12.1 Å². The lowest BCUT2D eigenvalue weighted by Crippen LogP contribution is -2.04. The van der Waals surface area contributed by atoms with E-state index >= 15 is 0 Å². The van der Waals surface area contributed by atoms with Crippen LogP contribution in [0.1, 0.15) is 24.0 Å². The van der Waals surface area contributed by atoms with Gasteiger partial charge in [0, 0.05) is 21.2 Å². The smallest absolute Gasteiger partial charge is 0.123 e. The Morgan fingerprint density at radius 1 is 0.667 bits per heavy atom. The fourth-order valence-corrected chi connectivity index (χ4v) is 2.96. The SMILES string of the molecule is ClCc1cc(Cl)ccc1OCCCCOc1ccc(Cl)cc1CCl. The molecule has 0 aliphatic rings. The summed E-state index contributed by atoms with van der Waals surface area (Å²) in [6.07, 6.45) is 1.74. The first-order chi connectivity index (χ1) is 11.6. The maximum Gasteiger partial charge on any atom is 0.123 e. The third-order valence-electron chi connectivity index (χ3n) is 3.39. The molecule has 0 spiro atoms. The number of hydrogen-bond donors (Lipinski definition) is 0. The van der Waals surface area contributed by atoms with Crippen molar-refractivity contribution in [2.75, 3.05) is 13.2 Å². The number of benzene rings is 2. The van der Waals surface area contributed by atoms with Gasteiger partial charge in [-0.2, -0.15) is 0 Å². The number of alkyl halides is 2. The van der Waals surface area contributed by atoms with Crippen LogP contribution in [0.3, 0.4) is 0 Å². The van der Waals surface area contributed by atoms with Gasteiger partial charge in [-0.1, -0.05) is 23.2 Å². The zero-order chi connectivity index (χ0) is 17.4. The molecule has 2 rings (SSSR count). The molecule has 0 atom stereocenters. The minimum atomic E-state index is 0.372. The normalized spacial score (nSPS) is 10.7. The first-order valence-electron chi connectivity index (χ1n) is 7.58. The molecule has 0 amide bonds. The quantitative estimate of drug-likeness (QED) is 0.339. The molecule has 0 heterocycles. The summed E-state index contributed by atoms with van der Waals surface area (Å²) in [5, 5.41) is 1.31. The van der Waals surface area contributed by atoms with E-state index in [1.807, 2.05) is 24.3 Å². The second-order valence-corrected chi connectivity index (χ2v) is 6.58. The van der Waals surface area contributed by atoms with Crippen LogP contribution in [-0.4, -0.2) is 13.2 Å². The van der Waals surface area contributed by atoms with Gasteiger partial charge in [0.25, 0.3) is 0 Å². The van der Waals surface area contributed by atoms with Gasteiger partial charge in [-0.25, -0.2) is 0 Å². The lowest BCUT2D eigenvalue weighted by Gasteiger charge is -2.12. The van der Waals surface area contributed by atoms with Crippen molar-refractivity contribution >= 4 is 46.4 Å². The van der Waals surface area contributed by atoms with Gasteiger partial charge in [0.1, 0.15) is 11.5 Å². The standard InChI is InChI=1S/C18H18Cl4O2/c19-11-13-9-15(21)3-5-17(13)23-7-1-2-8-24-18-6-4-16(22)10-14(18)12-20/h3-6,9-10H,1-2,7-8,11-12H2. The molecule has 24 heavy (non-hydrogen) atoms. The maximum atomic E-state index is 5.94. The van der Waals surface area contributed by atoms with Crippen LogP contribution in [0.5, 0.6) is 11.5 Å². The second-order valence-electron chi connectivity index (χ2n) is 5.18. The van der Waals surface area contributed by atoms with Gasteiger partial charge in [-0.15, -0.1) is 23.2 Å². The van der Waals surface area contributed by atoms with E-state index in [0.29, 0.717) is 35.0 Å². The van der Waals surface area contributed by atoms with Crippen molar-refractivity contribution in [3.63, 3.8) is 0 Å². The molecule has 0 fully saturated rings. The van der Waals surface area contributed by atoms with Crippen LogP contribution in [0, 0.1) is 0 Å². The molecule has 2 aromatic rings. The highest BCUT2D eigenvalue weighted by Crippen LogP contribution is 2.26. The summed E-state index contributed by atoms with van der Waals surface area (Å²) >= 11 is 23.7. The van der Waals surface area contributed by atoms with E-state index in [9.17, 15) is 0 Å². The van der Waals surface area contributed by atoms with Crippen LogP contribution < -0.4 is 9.47 Å². The Balaban J connectivity index is 1.72. The Kier molecular flexibility index (Phi) is 8.34. The summed E-state index contributed by atoms with van der Waals surface area (Å²) in [5.74, 6) is 2.29. The summed E-state index contributed by atoms with van der Waals surface area (Å²) in [6, 6.07) is 10.9. The number of unbranched alkanes of at least 4 members (excludes halogenated alkanes) is 1. The summed E-state index contributed by atoms with van der Waals surface area (Å²) in [4.78, 5) is 0. The van der Waals surface area contributed by atoms with Crippen LogP contribution >= 0.6 is 46.4 Å². The third-order valence-corrected chi connectivity index (χ3v) is 4.43. The van der Waals surface area contributed by atoms with Gasteiger partial charge in [-0.3, -0.25) is 0 Å². The number of rotatable bonds is 9. The Bertz CT molecular complexity index is 604. The van der Waals surface area contributed by atoms with E-state index in [2.05, 4.69) is 0 Å². The predicted molar refractivity (Wildman–Crippen MR) is 102 cm³/mol. The highest BCUT2D eigenvalue weighted by Gasteiger charge is 2.05. The van der Waals surface area contributed by atoms with E-state index in [1.165, 1.54) is 0 Å². The lowest BCUT2D eigenvalue weighted by atomic mass is 10.2. The average molecular weight is 408 g/mol. The Morgan fingerprint density at radius 3 is 1.46 bits per heavy atom. The lowest BCUT2D eigenvalue weighted by molar-refractivity contribution is 0.264. The molecule has 0 aliphatic heterocycles. The van der Waals surface area contributed by atoms with Gasteiger partial charge in [-0.05, 0) is 49.2 Å². The van der Waals surface area contributed by atoms with Crippen molar-refractivity contribution in [2.24, 2.45) is 0 Å². The van der Waals surface area contributed by atoms with Crippen molar-refractivity contribution in [3.8, 4) is 11.5 Å². The molecule has 0 saturated heterocycles. The Morgan fingerprint density at radius 2 is 1.08 bits per heavy atom. The molecular formula is C18H18Cl4O2. The number of halogens is 4. The highest BCUT2D eigenvalue weighted by atomic mass is 35.5. The minimum absolute atomic E-state index is 0.372. The fraction of sp³-hybridized carbons (Fsp3) is 0.333. The fourth-order valence-electron chi connectivity index (χ4n) is 2.15. The highest BCUT2D eigenvalue weighted by molar-refractivity contribution is 6.31. The molecule has 0 radical (unpaired) electrons. The van der Waals surface area contributed by atoms with E-state index in [-0.39, 0.29) is 0 Å². The number of hydrogen-bond acceptors (Lipinski definition) is 2. The second kappa shape index (κ2) is 10.2. The maximum absolute atomic E-state index is 5.94. The predicted octanol–water partition coefficient (Wildman–Crippen LogP) is 6.71. The molecule has 2 nitrogen and oxygen atoms in total. The average Bonchev–Trinajstić information content (AvgIpc) is 2.59. The van der Waals surface area contributed by atoms with E-state index in [4.69, 9.17) is 55.9 Å². The summed E-state index contributed by atoms with van der Waals surface area (Å²) in [5.41, 5.74) is 1.79. The largest absolute Gasteiger partial charge is 0.493 e. The monoisotopic (exact) mass is 406 g/mol. The topological polar surface area (TPSA) is 18.5 Å². The summed E-state index contributed by atoms with van der Waals surface area (Å²) in [6.45, 7) is 1.19. The Labute approximate surface area is 162 Å². The van der Waals surface area contributed by atoms with Gasteiger partial charge in [0.15, 0.2) is 0 Å². The van der Waals surface area contributed by atoms with Crippen molar-refractivity contribution in [1.82, 2.24) is 0 Å². The first-order valence-corrected chi connectivity index (χ1v) is 9.41. The van der Waals surface area contributed by atoms with Crippen LogP contribution in [0.4, 0.5) is 0 Å². The van der Waals surface area contributed by atoms with Crippen LogP contribution in [-0.2, 0) is 11.8 Å². The number of ether oxygens (including phenoxy) is 2. The molecule has 130 valence electrons. The zero-order valence-corrected chi connectivity index (χ0v) is 16.1. The molecule has 0 aliphatic carbocycles. The molecular weight excluding hydrogens is 390 g/mol. The van der Waals surface area contributed by atoms with Crippen molar-refractivity contribution in [1.29, 1.82) is 0 Å². The molecule has 6 heteroatoms. The first kappa shape index (κ1) is 19.5. The third kappa shape index (κ3) is 5.93. The van der Waals surface area contributed by atoms with Crippen molar-refractivity contribution < 1.29 is 9.47 Å². The van der Waals surface area contributed by atoms with Crippen molar-refractivity contribution in [2.45, 2.75) is 24.6 Å². The molecule has 0 saturated carbocycles. The molecule has 0 aromatic heterocycles. The molecule has 2 aromatic carbocycles. The Hall–Kier alpha value is -0.800. The van der Waals surface area contributed by atoms with Crippen LogP contribution in [0.2, 0.25) is 10.0 Å². The van der Waals surface area contributed by atoms with Gasteiger partial charge in [0.05, 0.1) is 25.0 Å². The van der Waals surface area contributed by atoms with E-state index in [0.717, 1.165) is 35.5 Å². The van der Waals surface area contributed by atoms with Gasteiger partial charge >= 0.3 is 0 Å². The van der Waals surface area contributed by atoms with E-state index < -0.39 is 0 Å². The van der Waals surface area contributed by atoms with Gasteiger partial charge < -0.3 is 9.47 Å². The van der Waals surface area contributed by atoms with Crippen molar-refractivity contribution in [3.05, 3.63) is 57.6 Å². The minimum Gasteiger partial charge on any atom is -0.493 e. The molecule has 0 bridgehead atoms. The zero-order valence-electron chi connectivity index (χ0n) is 13.0.